The molecule has 1 aromatic heterocycles. The summed E-state index contributed by atoms with van der Waals surface area (Å²) in [6.45, 7) is 6.00. The lowest BCUT2D eigenvalue weighted by molar-refractivity contribution is 0.102. The quantitative estimate of drug-likeness (QED) is 0.708. The Morgan fingerprint density at radius 2 is 1.82 bits per heavy atom. The van der Waals surface area contributed by atoms with Crippen LogP contribution in [0.25, 0.3) is 10.2 Å². The molecule has 0 aliphatic heterocycles. The van der Waals surface area contributed by atoms with Gasteiger partial charge >= 0.3 is 0 Å². The zero-order valence-electron chi connectivity index (χ0n) is 12.5. The molecule has 0 atom stereocenters. The Bertz CT molecular complexity index is 847. The van der Waals surface area contributed by atoms with Crippen LogP contribution in [0.1, 0.15) is 27.0 Å². The van der Waals surface area contributed by atoms with Gasteiger partial charge in [-0.2, -0.15) is 0 Å². The van der Waals surface area contributed by atoms with Gasteiger partial charge in [-0.25, -0.2) is 4.98 Å². The lowest BCUT2D eigenvalue weighted by Gasteiger charge is -2.04. The topological polar surface area (TPSA) is 42.0 Å². The highest BCUT2D eigenvalue weighted by Crippen LogP contribution is 2.34. The van der Waals surface area contributed by atoms with Crippen molar-refractivity contribution < 1.29 is 4.79 Å². The first-order valence-electron chi connectivity index (χ1n) is 6.90. The SMILES string of the molecule is Cc1ccc(C(=O)Nc2nc3c(C)ccc(Cl)c3s2)cc1C. The third-order valence-corrected chi connectivity index (χ3v) is 5.12. The summed E-state index contributed by atoms with van der Waals surface area (Å²) in [4.78, 5) is 16.8. The van der Waals surface area contributed by atoms with Crippen molar-refractivity contribution in [2.24, 2.45) is 0 Å². The maximum Gasteiger partial charge on any atom is 0.257 e. The van der Waals surface area contributed by atoms with Crippen LogP contribution in [0.15, 0.2) is 30.3 Å². The van der Waals surface area contributed by atoms with Gasteiger partial charge in [0.1, 0.15) is 0 Å². The molecular weight excluding hydrogens is 316 g/mol. The number of aromatic nitrogens is 1. The van der Waals surface area contributed by atoms with Gasteiger partial charge in [-0.15, -0.1) is 0 Å². The molecular formula is C17H15ClN2OS. The molecule has 0 bridgehead atoms. The van der Waals surface area contributed by atoms with Crippen LogP contribution in [0, 0.1) is 20.8 Å². The second-order valence-corrected chi connectivity index (χ2v) is 6.72. The van der Waals surface area contributed by atoms with E-state index in [0.717, 1.165) is 21.3 Å². The Labute approximate surface area is 138 Å². The van der Waals surface area contributed by atoms with Crippen molar-refractivity contribution in [1.29, 1.82) is 0 Å². The molecule has 0 aliphatic carbocycles. The predicted molar refractivity (Wildman–Crippen MR) is 93.2 cm³/mol. The Balaban J connectivity index is 1.92. The first-order chi connectivity index (χ1) is 10.5. The monoisotopic (exact) mass is 330 g/mol. The number of hydrogen-bond acceptors (Lipinski definition) is 3. The molecule has 2 aromatic carbocycles. The van der Waals surface area contributed by atoms with Crippen LogP contribution in [0.3, 0.4) is 0 Å². The summed E-state index contributed by atoms with van der Waals surface area (Å²) < 4.78 is 0.900. The Morgan fingerprint density at radius 1 is 1.09 bits per heavy atom. The summed E-state index contributed by atoms with van der Waals surface area (Å²) in [6, 6.07) is 9.44. The summed E-state index contributed by atoms with van der Waals surface area (Å²) >= 11 is 7.59. The second-order valence-electron chi connectivity index (χ2n) is 5.31. The van der Waals surface area contributed by atoms with E-state index in [-0.39, 0.29) is 5.91 Å². The van der Waals surface area contributed by atoms with Gasteiger partial charge in [-0.1, -0.05) is 35.1 Å². The highest BCUT2D eigenvalue weighted by Gasteiger charge is 2.13. The standard InChI is InChI=1S/C17H15ClN2OS/c1-9-4-6-12(8-11(9)3)16(21)20-17-19-14-10(2)5-7-13(18)15(14)22-17/h4-8H,1-3H3,(H,19,20,21). The summed E-state index contributed by atoms with van der Waals surface area (Å²) in [5, 5.41) is 4.08. The number of aryl methyl sites for hydroxylation is 3. The molecule has 0 spiro atoms. The van der Waals surface area contributed by atoms with Crippen LogP contribution in [-0.2, 0) is 0 Å². The predicted octanol–water partition coefficient (Wildman–Crippen LogP) is 5.13. The van der Waals surface area contributed by atoms with Crippen molar-refractivity contribution >= 4 is 44.2 Å². The highest BCUT2D eigenvalue weighted by molar-refractivity contribution is 7.23. The van der Waals surface area contributed by atoms with Crippen LogP contribution >= 0.6 is 22.9 Å². The minimum atomic E-state index is -0.157. The Hall–Kier alpha value is -1.91. The van der Waals surface area contributed by atoms with Gasteiger partial charge in [0.25, 0.3) is 5.91 Å². The van der Waals surface area contributed by atoms with Crippen molar-refractivity contribution in [1.82, 2.24) is 4.98 Å². The van der Waals surface area contributed by atoms with Crippen molar-refractivity contribution in [3.8, 4) is 0 Å². The number of fused-ring (bicyclic) bond motifs is 1. The minimum Gasteiger partial charge on any atom is -0.298 e. The molecule has 5 heteroatoms. The number of carbonyl (C=O) groups is 1. The Kier molecular flexibility index (Phi) is 3.89. The maximum atomic E-state index is 12.3. The lowest BCUT2D eigenvalue weighted by Crippen LogP contribution is -2.11. The van der Waals surface area contributed by atoms with E-state index in [1.807, 2.05) is 51.1 Å². The van der Waals surface area contributed by atoms with E-state index in [4.69, 9.17) is 11.6 Å². The molecule has 1 N–H and O–H groups in total. The lowest BCUT2D eigenvalue weighted by atomic mass is 10.1. The fourth-order valence-electron chi connectivity index (χ4n) is 2.21. The van der Waals surface area contributed by atoms with E-state index in [0.29, 0.717) is 15.7 Å². The molecule has 3 nitrogen and oxygen atoms in total. The number of benzene rings is 2. The number of nitrogens with zero attached hydrogens (tertiary/aromatic N) is 1. The summed E-state index contributed by atoms with van der Waals surface area (Å²) in [5.41, 5.74) is 4.77. The number of rotatable bonds is 2. The molecule has 0 fully saturated rings. The molecule has 1 amide bonds. The molecule has 3 rings (SSSR count). The molecule has 22 heavy (non-hydrogen) atoms. The molecule has 0 saturated heterocycles. The fraction of sp³-hybridized carbons (Fsp3) is 0.176. The first-order valence-corrected chi connectivity index (χ1v) is 8.09. The zero-order valence-corrected chi connectivity index (χ0v) is 14.1. The van der Waals surface area contributed by atoms with Crippen molar-refractivity contribution in [3.05, 3.63) is 57.6 Å². The van der Waals surface area contributed by atoms with E-state index in [2.05, 4.69) is 10.3 Å². The third-order valence-electron chi connectivity index (χ3n) is 3.69. The molecule has 3 aromatic rings. The minimum absolute atomic E-state index is 0.157. The average Bonchev–Trinajstić information content (AvgIpc) is 2.91. The van der Waals surface area contributed by atoms with E-state index in [9.17, 15) is 4.79 Å². The maximum absolute atomic E-state index is 12.3. The van der Waals surface area contributed by atoms with Crippen molar-refractivity contribution in [2.75, 3.05) is 5.32 Å². The van der Waals surface area contributed by atoms with Gasteiger partial charge < -0.3 is 0 Å². The summed E-state index contributed by atoms with van der Waals surface area (Å²) in [7, 11) is 0. The van der Waals surface area contributed by atoms with E-state index < -0.39 is 0 Å². The molecule has 0 aliphatic rings. The number of amides is 1. The van der Waals surface area contributed by atoms with Crippen LogP contribution in [-0.4, -0.2) is 10.9 Å². The molecule has 0 unspecified atom stereocenters. The molecule has 0 saturated carbocycles. The summed E-state index contributed by atoms with van der Waals surface area (Å²) in [5.74, 6) is -0.157. The highest BCUT2D eigenvalue weighted by atomic mass is 35.5. The van der Waals surface area contributed by atoms with Gasteiger partial charge in [0.05, 0.1) is 15.2 Å². The van der Waals surface area contributed by atoms with Crippen molar-refractivity contribution in [3.63, 3.8) is 0 Å². The molecule has 0 radical (unpaired) electrons. The van der Waals surface area contributed by atoms with E-state index in [1.54, 1.807) is 0 Å². The normalized spacial score (nSPS) is 10.9. The third kappa shape index (κ3) is 2.72. The summed E-state index contributed by atoms with van der Waals surface area (Å²) in [6.07, 6.45) is 0. The zero-order chi connectivity index (χ0) is 15.9. The molecule has 112 valence electrons. The smallest absolute Gasteiger partial charge is 0.257 e. The van der Waals surface area contributed by atoms with Crippen molar-refractivity contribution in [2.45, 2.75) is 20.8 Å². The van der Waals surface area contributed by atoms with Gasteiger partial charge in [-0.05, 0) is 55.7 Å². The van der Waals surface area contributed by atoms with Gasteiger partial charge in [0.2, 0.25) is 0 Å². The van der Waals surface area contributed by atoms with E-state index >= 15 is 0 Å². The van der Waals surface area contributed by atoms with Crippen LogP contribution in [0.5, 0.6) is 0 Å². The number of carbonyl (C=O) groups excluding carboxylic acids is 1. The first kappa shape index (κ1) is 15.0. The second kappa shape index (κ2) is 5.71. The van der Waals surface area contributed by atoms with Crippen LogP contribution in [0.4, 0.5) is 5.13 Å². The Morgan fingerprint density at radius 3 is 2.50 bits per heavy atom. The number of halogens is 1. The van der Waals surface area contributed by atoms with Crippen LogP contribution < -0.4 is 5.32 Å². The number of nitrogens with one attached hydrogen (secondary N) is 1. The average molecular weight is 331 g/mol. The van der Waals surface area contributed by atoms with Gasteiger partial charge in [0.15, 0.2) is 5.13 Å². The number of hydrogen-bond donors (Lipinski definition) is 1. The van der Waals surface area contributed by atoms with E-state index in [1.165, 1.54) is 16.9 Å². The number of thiazole rings is 1. The van der Waals surface area contributed by atoms with Gasteiger partial charge in [-0.3, -0.25) is 10.1 Å². The fourth-order valence-corrected chi connectivity index (χ4v) is 3.42. The van der Waals surface area contributed by atoms with Gasteiger partial charge in [0, 0.05) is 5.56 Å². The number of anilines is 1. The molecule has 1 heterocycles. The van der Waals surface area contributed by atoms with Crippen LogP contribution in [0.2, 0.25) is 5.02 Å². The largest absolute Gasteiger partial charge is 0.298 e.